The van der Waals surface area contributed by atoms with Gasteiger partial charge in [-0.15, -0.1) is 0 Å². The molecule has 1 atom stereocenters. The molecule has 0 bridgehead atoms. The second-order valence-corrected chi connectivity index (χ2v) is 6.33. The normalized spacial score (nSPS) is 11.6. The van der Waals surface area contributed by atoms with Gasteiger partial charge >= 0.3 is 0 Å². The Hall–Kier alpha value is -3.68. The molecule has 2 heterocycles. The molecule has 3 rings (SSSR count). The number of benzene rings is 1. The van der Waals surface area contributed by atoms with E-state index in [0.29, 0.717) is 23.7 Å². The van der Waals surface area contributed by atoms with Crippen molar-refractivity contribution in [3.8, 4) is 22.8 Å². The molecule has 1 amide bonds. The van der Waals surface area contributed by atoms with Gasteiger partial charge in [0.1, 0.15) is 17.5 Å². The Labute approximate surface area is 168 Å². The van der Waals surface area contributed by atoms with E-state index in [9.17, 15) is 9.59 Å². The zero-order chi connectivity index (χ0) is 20.8. The molecule has 0 saturated heterocycles. The average Bonchev–Trinajstić information content (AvgIpc) is 2.77. The van der Waals surface area contributed by atoms with Gasteiger partial charge in [-0.3, -0.25) is 14.6 Å². The lowest BCUT2D eigenvalue weighted by atomic mass is 10.1. The van der Waals surface area contributed by atoms with E-state index in [1.54, 1.807) is 44.6 Å². The molecule has 0 unspecified atom stereocenters. The summed E-state index contributed by atoms with van der Waals surface area (Å²) >= 11 is 0. The fourth-order valence-corrected chi connectivity index (χ4v) is 2.79. The maximum atomic E-state index is 12.6. The molecular formula is C21H22N4O4. The van der Waals surface area contributed by atoms with Gasteiger partial charge in [-0.05, 0) is 42.8 Å². The SMILES string of the molecule is COc1ccc(-c2nn([C@H](C)C(=O)NCc3cccnc3)c(=O)cc2OC)cc1. The Bertz CT molecular complexity index is 1030. The number of ether oxygens (including phenoxy) is 2. The van der Waals surface area contributed by atoms with E-state index in [1.165, 1.54) is 13.2 Å². The maximum absolute atomic E-state index is 12.6. The van der Waals surface area contributed by atoms with Crippen LogP contribution in [-0.4, -0.2) is 34.9 Å². The number of carbonyl (C=O) groups excluding carboxylic acids is 1. The van der Waals surface area contributed by atoms with Gasteiger partial charge in [-0.25, -0.2) is 4.68 Å². The van der Waals surface area contributed by atoms with Crippen LogP contribution in [0.5, 0.6) is 11.5 Å². The van der Waals surface area contributed by atoms with Crippen LogP contribution in [-0.2, 0) is 11.3 Å². The van der Waals surface area contributed by atoms with E-state index >= 15 is 0 Å². The van der Waals surface area contributed by atoms with Crippen LogP contribution in [0.3, 0.4) is 0 Å². The minimum atomic E-state index is -0.804. The number of carbonyl (C=O) groups is 1. The Morgan fingerprint density at radius 3 is 2.55 bits per heavy atom. The zero-order valence-corrected chi connectivity index (χ0v) is 16.5. The molecule has 29 heavy (non-hydrogen) atoms. The van der Waals surface area contributed by atoms with Gasteiger partial charge < -0.3 is 14.8 Å². The van der Waals surface area contributed by atoms with Crippen LogP contribution in [0.15, 0.2) is 59.7 Å². The highest BCUT2D eigenvalue weighted by atomic mass is 16.5. The number of aromatic nitrogens is 3. The molecule has 0 aliphatic heterocycles. The quantitative estimate of drug-likeness (QED) is 0.660. The summed E-state index contributed by atoms with van der Waals surface area (Å²) < 4.78 is 11.6. The second kappa shape index (κ2) is 9.01. The predicted molar refractivity (Wildman–Crippen MR) is 108 cm³/mol. The number of nitrogens with one attached hydrogen (secondary N) is 1. The van der Waals surface area contributed by atoms with Crippen molar-refractivity contribution >= 4 is 5.91 Å². The van der Waals surface area contributed by atoms with Gasteiger partial charge in [0.25, 0.3) is 5.56 Å². The standard InChI is InChI=1S/C21H22N4O4/c1-14(21(27)23-13-15-5-4-10-22-12-15)25-19(26)11-18(29-3)20(24-25)16-6-8-17(28-2)9-7-16/h4-12,14H,13H2,1-3H3,(H,23,27)/t14-/m1/s1. The molecule has 0 spiro atoms. The summed E-state index contributed by atoms with van der Waals surface area (Å²) in [5.41, 5.74) is 1.63. The van der Waals surface area contributed by atoms with Gasteiger partial charge in [0.15, 0.2) is 5.75 Å². The number of nitrogens with zero attached hydrogens (tertiary/aromatic N) is 3. The first-order chi connectivity index (χ1) is 14.0. The monoisotopic (exact) mass is 394 g/mol. The summed E-state index contributed by atoms with van der Waals surface area (Å²) in [6.07, 6.45) is 3.33. The second-order valence-electron chi connectivity index (χ2n) is 6.33. The molecule has 0 saturated carbocycles. The topological polar surface area (TPSA) is 95.3 Å². The third kappa shape index (κ3) is 4.60. The smallest absolute Gasteiger partial charge is 0.271 e. The van der Waals surface area contributed by atoms with Crippen molar-refractivity contribution < 1.29 is 14.3 Å². The lowest BCUT2D eigenvalue weighted by Crippen LogP contribution is -2.37. The fourth-order valence-electron chi connectivity index (χ4n) is 2.79. The van der Waals surface area contributed by atoms with Crippen LogP contribution in [0.4, 0.5) is 0 Å². The molecule has 150 valence electrons. The van der Waals surface area contributed by atoms with E-state index in [4.69, 9.17) is 9.47 Å². The first kappa shape index (κ1) is 20.1. The summed E-state index contributed by atoms with van der Waals surface area (Å²) in [6.45, 7) is 1.94. The third-order valence-corrected chi connectivity index (χ3v) is 4.44. The Morgan fingerprint density at radius 1 is 1.17 bits per heavy atom. The molecular weight excluding hydrogens is 372 g/mol. The van der Waals surface area contributed by atoms with Crippen LogP contribution in [0.1, 0.15) is 18.5 Å². The molecule has 8 nitrogen and oxygen atoms in total. The average molecular weight is 394 g/mol. The van der Waals surface area contributed by atoms with Crippen LogP contribution < -0.4 is 20.3 Å². The molecule has 8 heteroatoms. The van der Waals surface area contributed by atoms with Gasteiger partial charge in [-0.2, -0.15) is 5.10 Å². The number of amides is 1. The summed E-state index contributed by atoms with van der Waals surface area (Å²) in [4.78, 5) is 29.1. The lowest BCUT2D eigenvalue weighted by Gasteiger charge is -2.17. The maximum Gasteiger partial charge on any atom is 0.271 e. The summed E-state index contributed by atoms with van der Waals surface area (Å²) in [5, 5.41) is 7.21. The van der Waals surface area contributed by atoms with Crippen LogP contribution in [0.25, 0.3) is 11.3 Å². The molecule has 0 aliphatic carbocycles. The van der Waals surface area contributed by atoms with Crippen LogP contribution in [0.2, 0.25) is 0 Å². The van der Waals surface area contributed by atoms with Crippen molar-refractivity contribution in [1.82, 2.24) is 20.1 Å². The number of rotatable bonds is 7. The van der Waals surface area contributed by atoms with E-state index in [-0.39, 0.29) is 5.91 Å². The van der Waals surface area contributed by atoms with E-state index in [1.807, 2.05) is 18.2 Å². The number of pyridine rings is 1. The Balaban J connectivity index is 1.87. The molecule has 3 aromatic rings. The fraction of sp³-hybridized carbons (Fsp3) is 0.238. The number of hydrogen-bond donors (Lipinski definition) is 1. The molecule has 0 radical (unpaired) electrons. The van der Waals surface area contributed by atoms with Crippen molar-refractivity contribution in [3.63, 3.8) is 0 Å². The van der Waals surface area contributed by atoms with Crippen LogP contribution >= 0.6 is 0 Å². The first-order valence-electron chi connectivity index (χ1n) is 9.02. The third-order valence-electron chi connectivity index (χ3n) is 4.44. The predicted octanol–water partition coefficient (Wildman–Crippen LogP) is 2.20. The van der Waals surface area contributed by atoms with Crippen molar-refractivity contribution in [3.05, 3.63) is 70.8 Å². The highest BCUT2D eigenvalue weighted by Gasteiger charge is 2.20. The van der Waals surface area contributed by atoms with E-state index in [2.05, 4.69) is 15.4 Å². The highest BCUT2D eigenvalue weighted by molar-refractivity contribution is 5.79. The van der Waals surface area contributed by atoms with Gasteiger partial charge in [0.05, 0.1) is 14.2 Å². The van der Waals surface area contributed by atoms with Crippen molar-refractivity contribution in [2.24, 2.45) is 0 Å². The van der Waals surface area contributed by atoms with Gasteiger partial charge in [0, 0.05) is 30.6 Å². The van der Waals surface area contributed by atoms with Crippen molar-refractivity contribution in [1.29, 1.82) is 0 Å². The highest BCUT2D eigenvalue weighted by Crippen LogP contribution is 2.28. The zero-order valence-electron chi connectivity index (χ0n) is 16.5. The molecule has 1 N–H and O–H groups in total. The number of methoxy groups -OCH3 is 2. The van der Waals surface area contributed by atoms with Crippen molar-refractivity contribution in [2.45, 2.75) is 19.5 Å². The summed E-state index contributed by atoms with van der Waals surface area (Å²) in [7, 11) is 3.05. The summed E-state index contributed by atoms with van der Waals surface area (Å²) in [5.74, 6) is 0.706. The summed E-state index contributed by atoms with van der Waals surface area (Å²) in [6, 6.07) is 11.4. The largest absolute Gasteiger partial charge is 0.497 e. The number of hydrogen-bond acceptors (Lipinski definition) is 6. The lowest BCUT2D eigenvalue weighted by molar-refractivity contribution is -0.124. The molecule has 0 fully saturated rings. The molecule has 2 aromatic heterocycles. The minimum Gasteiger partial charge on any atom is -0.497 e. The van der Waals surface area contributed by atoms with E-state index < -0.39 is 11.6 Å². The van der Waals surface area contributed by atoms with Gasteiger partial charge in [-0.1, -0.05) is 6.07 Å². The van der Waals surface area contributed by atoms with E-state index in [0.717, 1.165) is 15.8 Å². The van der Waals surface area contributed by atoms with Crippen molar-refractivity contribution in [2.75, 3.05) is 14.2 Å². The molecule has 0 aliphatic rings. The van der Waals surface area contributed by atoms with Gasteiger partial charge in [0.2, 0.25) is 5.91 Å². The molecule has 1 aromatic carbocycles. The minimum absolute atomic E-state index is 0.313. The Kier molecular flexibility index (Phi) is 6.23. The van der Waals surface area contributed by atoms with Crippen LogP contribution in [0, 0.1) is 0 Å². The first-order valence-corrected chi connectivity index (χ1v) is 9.02. The Morgan fingerprint density at radius 2 is 1.93 bits per heavy atom.